The van der Waals surface area contributed by atoms with E-state index >= 15 is 0 Å². The van der Waals surface area contributed by atoms with Crippen LogP contribution in [0.25, 0.3) is 0 Å². The Morgan fingerprint density at radius 2 is 1.30 bits per heavy atom. The number of ether oxygens (including phenoxy) is 2. The molecule has 0 aromatic carbocycles. The van der Waals surface area contributed by atoms with E-state index in [0.717, 1.165) is 43.8 Å². The topological polar surface area (TPSA) is 18.5 Å². The lowest BCUT2D eigenvalue weighted by molar-refractivity contribution is -0.299. The van der Waals surface area contributed by atoms with Gasteiger partial charge in [0.2, 0.25) is 0 Å². The lowest BCUT2D eigenvalue weighted by atomic mass is 9.78. The summed E-state index contributed by atoms with van der Waals surface area (Å²) in [4.78, 5) is 0. The van der Waals surface area contributed by atoms with Gasteiger partial charge in [0, 0.05) is 18.8 Å². The molecule has 0 aromatic heterocycles. The summed E-state index contributed by atoms with van der Waals surface area (Å²) in [7, 11) is 0. The lowest BCUT2D eigenvalue weighted by Gasteiger charge is -2.44. The van der Waals surface area contributed by atoms with Crippen molar-refractivity contribution in [1.29, 1.82) is 0 Å². The summed E-state index contributed by atoms with van der Waals surface area (Å²) < 4.78 is 12.4. The SMILES string of the molecule is CC1CCC(CC2COC3(CCC(C)CC3)OC2)CC1. The molecule has 3 aliphatic rings. The van der Waals surface area contributed by atoms with Gasteiger partial charge in [-0.1, -0.05) is 39.5 Å². The van der Waals surface area contributed by atoms with E-state index in [2.05, 4.69) is 13.8 Å². The van der Waals surface area contributed by atoms with Crippen LogP contribution in [0.5, 0.6) is 0 Å². The Kier molecular flexibility index (Phi) is 4.72. The Morgan fingerprint density at radius 3 is 1.90 bits per heavy atom. The normalized spacial score (nSPS) is 46.5. The summed E-state index contributed by atoms with van der Waals surface area (Å²) in [5.41, 5.74) is 0. The third-order valence-electron chi connectivity index (χ3n) is 6.00. The highest BCUT2D eigenvalue weighted by Gasteiger charge is 2.40. The molecule has 0 N–H and O–H groups in total. The maximum atomic E-state index is 6.21. The molecule has 2 heteroatoms. The van der Waals surface area contributed by atoms with Gasteiger partial charge < -0.3 is 9.47 Å². The Bertz CT molecular complexity index is 289. The second kappa shape index (κ2) is 6.36. The second-order valence-corrected chi connectivity index (χ2v) is 7.94. The molecular formula is C18H32O2. The van der Waals surface area contributed by atoms with Crippen molar-refractivity contribution in [3.05, 3.63) is 0 Å². The molecule has 0 unspecified atom stereocenters. The molecule has 2 saturated carbocycles. The fourth-order valence-corrected chi connectivity index (χ4v) is 4.29. The zero-order valence-electron chi connectivity index (χ0n) is 13.4. The van der Waals surface area contributed by atoms with E-state index in [-0.39, 0.29) is 5.79 Å². The number of rotatable bonds is 2. The molecule has 1 spiro atoms. The van der Waals surface area contributed by atoms with E-state index in [1.807, 2.05) is 0 Å². The monoisotopic (exact) mass is 280 g/mol. The van der Waals surface area contributed by atoms with Crippen LogP contribution in [0.3, 0.4) is 0 Å². The molecule has 3 fully saturated rings. The van der Waals surface area contributed by atoms with Gasteiger partial charge in [0.25, 0.3) is 0 Å². The summed E-state index contributed by atoms with van der Waals surface area (Å²) in [5.74, 6) is 3.21. The molecule has 0 amide bonds. The predicted molar refractivity (Wildman–Crippen MR) is 81.5 cm³/mol. The first kappa shape index (κ1) is 14.8. The first-order chi connectivity index (χ1) is 9.65. The van der Waals surface area contributed by atoms with Gasteiger partial charge in [0.15, 0.2) is 5.79 Å². The van der Waals surface area contributed by atoms with Crippen molar-refractivity contribution >= 4 is 0 Å². The first-order valence-corrected chi connectivity index (χ1v) is 8.93. The number of hydrogen-bond acceptors (Lipinski definition) is 2. The van der Waals surface area contributed by atoms with Crippen molar-refractivity contribution in [1.82, 2.24) is 0 Å². The van der Waals surface area contributed by atoms with E-state index in [1.165, 1.54) is 44.9 Å². The van der Waals surface area contributed by atoms with Crippen LogP contribution in [0.4, 0.5) is 0 Å². The van der Waals surface area contributed by atoms with E-state index in [9.17, 15) is 0 Å². The molecule has 3 rings (SSSR count). The summed E-state index contributed by atoms with van der Waals surface area (Å²) in [6.45, 7) is 6.64. The van der Waals surface area contributed by atoms with E-state index in [1.54, 1.807) is 0 Å². The van der Waals surface area contributed by atoms with Crippen molar-refractivity contribution in [3.8, 4) is 0 Å². The third kappa shape index (κ3) is 3.57. The molecule has 0 radical (unpaired) electrons. The molecule has 1 aliphatic heterocycles. The molecule has 2 nitrogen and oxygen atoms in total. The zero-order valence-corrected chi connectivity index (χ0v) is 13.4. The summed E-state index contributed by atoms with van der Waals surface area (Å²) in [5, 5.41) is 0. The fraction of sp³-hybridized carbons (Fsp3) is 1.00. The van der Waals surface area contributed by atoms with E-state index < -0.39 is 0 Å². The highest BCUT2D eigenvalue weighted by Crippen LogP contribution is 2.40. The molecule has 1 heterocycles. The predicted octanol–water partition coefficient (Wildman–Crippen LogP) is 4.77. The molecule has 116 valence electrons. The van der Waals surface area contributed by atoms with Gasteiger partial charge in [-0.05, 0) is 37.0 Å². The minimum atomic E-state index is -0.190. The maximum Gasteiger partial charge on any atom is 0.168 e. The Balaban J connectivity index is 1.42. The largest absolute Gasteiger partial charge is 0.350 e. The standard InChI is InChI=1S/C18H32O2/c1-14-3-5-16(6-4-14)11-17-12-19-18(20-13-17)9-7-15(2)8-10-18/h14-17H,3-13H2,1-2H3. The van der Waals surface area contributed by atoms with Gasteiger partial charge in [0.1, 0.15) is 0 Å². The van der Waals surface area contributed by atoms with Crippen LogP contribution in [0.2, 0.25) is 0 Å². The molecule has 0 aromatic rings. The molecule has 0 atom stereocenters. The Morgan fingerprint density at radius 1 is 0.750 bits per heavy atom. The summed E-state index contributed by atoms with van der Waals surface area (Å²) in [6.07, 6.45) is 11.8. The van der Waals surface area contributed by atoms with Gasteiger partial charge in [-0.15, -0.1) is 0 Å². The van der Waals surface area contributed by atoms with Crippen LogP contribution >= 0.6 is 0 Å². The van der Waals surface area contributed by atoms with E-state index in [4.69, 9.17) is 9.47 Å². The molecule has 20 heavy (non-hydrogen) atoms. The Labute approximate surface area is 124 Å². The number of hydrogen-bond donors (Lipinski definition) is 0. The Hall–Kier alpha value is -0.0800. The van der Waals surface area contributed by atoms with Crippen LogP contribution < -0.4 is 0 Å². The van der Waals surface area contributed by atoms with Gasteiger partial charge in [-0.2, -0.15) is 0 Å². The summed E-state index contributed by atoms with van der Waals surface area (Å²) >= 11 is 0. The third-order valence-corrected chi connectivity index (χ3v) is 6.00. The van der Waals surface area contributed by atoms with Crippen LogP contribution in [-0.4, -0.2) is 19.0 Å². The van der Waals surface area contributed by atoms with Gasteiger partial charge in [-0.3, -0.25) is 0 Å². The van der Waals surface area contributed by atoms with Crippen LogP contribution in [0.15, 0.2) is 0 Å². The van der Waals surface area contributed by atoms with Crippen molar-refractivity contribution < 1.29 is 9.47 Å². The molecule has 0 bridgehead atoms. The minimum Gasteiger partial charge on any atom is -0.350 e. The van der Waals surface area contributed by atoms with Gasteiger partial charge in [-0.25, -0.2) is 0 Å². The average Bonchev–Trinajstić information content (AvgIpc) is 2.47. The van der Waals surface area contributed by atoms with Crippen LogP contribution in [0.1, 0.15) is 71.6 Å². The summed E-state index contributed by atoms with van der Waals surface area (Å²) in [6, 6.07) is 0. The quantitative estimate of drug-likeness (QED) is 0.725. The van der Waals surface area contributed by atoms with Crippen molar-refractivity contribution in [3.63, 3.8) is 0 Å². The molecule has 1 saturated heterocycles. The van der Waals surface area contributed by atoms with Crippen molar-refractivity contribution in [2.45, 2.75) is 77.4 Å². The smallest absolute Gasteiger partial charge is 0.168 e. The van der Waals surface area contributed by atoms with Crippen molar-refractivity contribution in [2.75, 3.05) is 13.2 Å². The first-order valence-electron chi connectivity index (χ1n) is 8.93. The van der Waals surface area contributed by atoms with Gasteiger partial charge >= 0.3 is 0 Å². The minimum absolute atomic E-state index is 0.190. The second-order valence-electron chi connectivity index (χ2n) is 7.94. The molecular weight excluding hydrogens is 248 g/mol. The highest BCUT2D eigenvalue weighted by molar-refractivity contribution is 4.83. The fourth-order valence-electron chi connectivity index (χ4n) is 4.29. The zero-order chi connectivity index (χ0) is 14.0. The highest BCUT2D eigenvalue weighted by atomic mass is 16.7. The van der Waals surface area contributed by atoms with Crippen LogP contribution in [0, 0.1) is 23.7 Å². The van der Waals surface area contributed by atoms with Crippen LogP contribution in [-0.2, 0) is 9.47 Å². The van der Waals surface area contributed by atoms with Crippen molar-refractivity contribution in [2.24, 2.45) is 23.7 Å². The lowest BCUT2D eigenvalue weighted by Crippen LogP contribution is -2.46. The van der Waals surface area contributed by atoms with E-state index in [0.29, 0.717) is 5.92 Å². The average molecular weight is 280 g/mol. The maximum absolute atomic E-state index is 6.21. The molecule has 2 aliphatic carbocycles. The van der Waals surface area contributed by atoms with Gasteiger partial charge in [0.05, 0.1) is 13.2 Å².